The minimum absolute atomic E-state index is 0.0537. The van der Waals surface area contributed by atoms with Crippen molar-refractivity contribution in [2.24, 2.45) is 5.92 Å². The first-order valence-corrected chi connectivity index (χ1v) is 10.9. The lowest BCUT2D eigenvalue weighted by Crippen LogP contribution is -2.39. The maximum absolute atomic E-state index is 13.1. The van der Waals surface area contributed by atoms with Gasteiger partial charge < -0.3 is 19.5 Å². The van der Waals surface area contributed by atoms with Gasteiger partial charge in [0.15, 0.2) is 11.5 Å². The summed E-state index contributed by atoms with van der Waals surface area (Å²) in [5.74, 6) is 2.12. The van der Waals surface area contributed by atoms with Crippen molar-refractivity contribution in [3.8, 4) is 17.2 Å². The maximum atomic E-state index is 13.1. The molecule has 1 N–H and O–H groups in total. The number of benzene rings is 2. The topological polar surface area (TPSA) is 56.8 Å². The summed E-state index contributed by atoms with van der Waals surface area (Å²) in [6.45, 7) is 0.454. The van der Waals surface area contributed by atoms with Crippen LogP contribution in [-0.4, -0.2) is 32.8 Å². The first kappa shape index (κ1) is 20.6. The van der Waals surface area contributed by atoms with Crippen LogP contribution in [0.15, 0.2) is 48.5 Å². The number of ether oxygens (including phenoxy) is 3. The van der Waals surface area contributed by atoms with Gasteiger partial charge in [0.1, 0.15) is 5.75 Å². The van der Waals surface area contributed by atoms with Crippen molar-refractivity contribution in [1.82, 2.24) is 5.32 Å². The molecule has 2 aromatic rings. The van der Waals surface area contributed by atoms with E-state index in [0.717, 1.165) is 24.8 Å². The van der Waals surface area contributed by atoms with Gasteiger partial charge >= 0.3 is 0 Å². The number of hydrogen-bond acceptors (Lipinski definition) is 4. The van der Waals surface area contributed by atoms with Crippen LogP contribution >= 0.6 is 0 Å². The second-order valence-corrected chi connectivity index (χ2v) is 8.43. The zero-order valence-electron chi connectivity index (χ0n) is 17.9. The quantitative estimate of drug-likeness (QED) is 0.698. The molecular weight excluding hydrogens is 378 g/mol. The summed E-state index contributed by atoms with van der Waals surface area (Å²) in [4.78, 5) is 13.1. The Morgan fingerprint density at radius 2 is 1.73 bits per heavy atom. The normalized spacial score (nSPS) is 23.5. The van der Waals surface area contributed by atoms with Gasteiger partial charge in [-0.05, 0) is 37.0 Å². The molecule has 2 saturated carbocycles. The van der Waals surface area contributed by atoms with E-state index in [1.807, 2.05) is 36.4 Å². The lowest BCUT2D eigenvalue weighted by molar-refractivity contribution is -0.123. The van der Waals surface area contributed by atoms with E-state index in [1.54, 1.807) is 14.2 Å². The fraction of sp³-hybridized carbons (Fsp3) is 0.480. The summed E-state index contributed by atoms with van der Waals surface area (Å²) in [5.41, 5.74) is 0.877. The van der Waals surface area contributed by atoms with Gasteiger partial charge in [-0.25, -0.2) is 0 Å². The van der Waals surface area contributed by atoms with Gasteiger partial charge in [-0.1, -0.05) is 49.6 Å². The molecule has 2 aliphatic rings. The fourth-order valence-corrected chi connectivity index (χ4v) is 4.65. The molecule has 1 amide bonds. The Bertz CT molecular complexity index is 863. The van der Waals surface area contributed by atoms with E-state index in [0.29, 0.717) is 29.9 Å². The monoisotopic (exact) mass is 409 g/mol. The Morgan fingerprint density at radius 1 is 1.00 bits per heavy atom. The van der Waals surface area contributed by atoms with E-state index in [9.17, 15) is 4.79 Å². The van der Waals surface area contributed by atoms with Gasteiger partial charge in [-0.3, -0.25) is 4.79 Å². The molecule has 5 heteroatoms. The molecule has 30 heavy (non-hydrogen) atoms. The molecule has 4 rings (SSSR count). The van der Waals surface area contributed by atoms with Crippen LogP contribution in [0.4, 0.5) is 0 Å². The highest BCUT2D eigenvalue weighted by Gasteiger charge is 2.60. The molecule has 2 fully saturated rings. The number of rotatable bonds is 8. The molecule has 0 unspecified atom stereocenters. The summed E-state index contributed by atoms with van der Waals surface area (Å²) in [7, 11) is 3.22. The number of carbonyl (C=O) groups excluding carboxylic acids is 1. The van der Waals surface area contributed by atoms with Crippen LogP contribution in [0.25, 0.3) is 0 Å². The van der Waals surface area contributed by atoms with Crippen LogP contribution in [0.2, 0.25) is 0 Å². The number of methoxy groups -OCH3 is 2. The van der Waals surface area contributed by atoms with Crippen LogP contribution in [0.1, 0.15) is 44.1 Å². The molecule has 0 radical (unpaired) electrons. The molecule has 2 aromatic carbocycles. The second-order valence-electron chi connectivity index (χ2n) is 8.43. The lowest BCUT2D eigenvalue weighted by atomic mass is 9.92. The predicted octanol–water partition coefficient (Wildman–Crippen LogP) is 4.49. The van der Waals surface area contributed by atoms with E-state index < -0.39 is 0 Å². The first-order chi connectivity index (χ1) is 14.7. The zero-order chi connectivity index (χ0) is 21.0. The molecule has 0 heterocycles. The number of carbonyl (C=O) groups is 1. The Kier molecular flexibility index (Phi) is 6.16. The average molecular weight is 410 g/mol. The summed E-state index contributed by atoms with van der Waals surface area (Å²) >= 11 is 0. The first-order valence-electron chi connectivity index (χ1n) is 10.9. The van der Waals surface area contributed by atoms with Crippen LogP contribution in [0.3, 0.4) is 0 Å². The van der Waals surface area contributed by atoms with Crippen molar-refractivity contribution in [2.45, 2.75) is 50.0 Å². The molecule has 0 bridgehead atoms. The molecule has 0 spiro atoms. The van der Waals surface area contributed by atoms with Gasteiger partial charge in [0, 0.05) is 17.5 Å². The maximum Gasteiger partial charge on any atom is 0.224 e. The minimum Gasteiger partial charge on any atom is -0.493 e. The highest BCUT2D eigenvalue weighted by molar-refractivity contribution is 5.84. The van der Waals surface area contributed by atoms with Crippen LogP contribution in [0.5, 0.6) is 17.2 Å². The third kappa shape index (κ3) is 4.25. The minimum atomic E-state index is -0.285. The van der Waals surface area contributed by atoms with Crippen molar-refractivity contribution in [3.63, 3.8) is 0 Å². The summed E-state index contributed by atoms with van der Waals surface area (Å²) in [6.07, 6.45) is 6.70. The van der Waals surface area contributed by atoms with E-state index in [4.69, 9.17) is 14.2 Å². The standard InChI is InChI=1S/C25H31NO4/c1-28-22-14-13-20(15-23(22)29-2)30-17-25(18-9-5-3-6-10-18)16-21(25)24(27)26-19-11-7-4-8-12-19/h3,5-6,9-10,13-15,19,21H,4,7-8,11-12,16-17H2,1-2H3,(H,26,27)/t21-,25+/m0/s1. The van der Waals surface area contributed by atoms with Gasteiger partial charge in [0.25, 0.3) is 0 Å². The summed E-state index contributed by atoms with van der Waals surface area (Å²) < 4.78 is 16.9. The van der Waals surface area contributed by atoms with Gasteiger partial charge in [-0.15, -0.1) is 0 Å². The Morgan fingerprint density at radius 3 is 2.43 bits per heavy atom. The van der Waals surface area contributed by atoms with Crippen LogP contribution in [-0.2, 0) is 10.2 Å². The highest BCUT2D eigenvalue weighted by atomic mass is 16.5. The summed E-state index contributed by atoms with van der Waals surface area (Å²) in [6, 6.07) is 16.1. The number of hydrogen-bond donors (Lipinski definition) is 1. The van der Waals surface area contributed by atoms with Gasteiger partial charge in [0.05, 0.1) is 26.7 Å². The molecular formula is C25H31NO4. The van der Waals surface area contributed by atoms with E-state index in [-0.39, 0.29) is 17.2 Å². The molecule has 2 atom stereocenters. The number of amides is 1. The molecule has 5 nitrogen and oxygen atoms in total. The predicted molar refractivity (Wildman–Crippen MR) is 116 cm³/mol. The fourth-order valence-electron chi connectivity index (χ4n) is 4.65. The van der Waals surface area contributed by atoms with Crippen molar-refractivity contribution in [3.05, 3.63) is 54.1 Å². The zero-order valence-corrected chi connectivity index (χ0v) is 17.9. The largest absolute Gasteiger partial charge is 0.493 e. The van der Waals surface area contributed by atoms with Crippen molar-refractivity contribution in [1.29, 1.82) is 0 Å². The number of nitrogens with one attached hydrogen (secondary N) is 1. The molecule has 0 aromatic heterocycles. The molecule has 160 valence electrons. The van der Waals surface area contributed by atoms with Crippen LogP contribution in [0, 0.1) is 5.92 Å². The van der Waals surface area contributed by atoms with Crippen molar-refractivity contribution < 1.29 is 19.0 Å². The smallest absolute Gasteiger partial charge is 0.224 e. The van der Waals surface area contributed by atoms with E-state index in [1.165, 1.54) is 19.3 Å². The van der Waals surface area contributed by atoms with Crippen LogP contribution < -0.4 is 19.5 Å². The average Bonchev–Trinajstić information content (AvgIpc) is 3.55. The summed E-state index contributed by atoms with van der Waals surface area (Å²) in [5, 5.41) is 3.31. The molecule has 0 saturated heterocycles. The third-order valence-electron chi connectivity index (χ3n) is 6.54. The molecule has 0 aliphatic heterocycles. The van der Waals surface area contributed by atoms with Crippen molar-refractivity contribution in [2.75, 3.05) is 20.8 Å². The van der Waals surface area contributed by atoms with E-state index in [2.05, 4.69) is 17.4 Å². The Hall–Kier alpha value is -2.69. The highest BCUT2D eigenvalue weighted by Crippen LogP contribution is 2.55. The third-order valence-corrected chi connectivity index (χ3v) is 6.54. The Labute approximate surface area is 178 Å². The SMILES string of the molecule is COc1ccc(OC[C@@]2(c3ccccc3)C[C@H]2C(=O)NC2CCCCC2)cc1OC. The lowest BCUT2D eigenvalue weighted by Gasteiger charge is -2.24. The Balaban J connectivity index is 1.48. The molecule has 2 aliphatic carbocycles. The van der Waals surface area contributed by atoms with Gasteiger partial charge in [0.2, 0.25) is 5.91 Å². The van der Waals surface area contributed by atoms with Gasteiger partial charge in [-0.2, -0.15) is 0 Å². The van der Waals surface area contributed by atoms with E-state index >= 15 is 0 Å². The van der Waals surface area contributed by atoms with Crippen molar-refractivity contribution >= 4 is 5.91 Å². The second kappa shape index (κ2) is 8.99.